The van der Waals surface area contributed by atoms with Gasteiger partial charge in [0.05, 0.1) is 16.7 Å². The summed E-state index contributed by atoms with van der Waals surface area (Å²) in [5, 5.41) is 1.32. The summed E-state index contributed by atoms with van der Waals surface area (Å²) in [4.78, 5) is 2.73. The third-order valence-electron chi connectivity index (χ3n) is 7.70. The summed E-state index contributed by atoms with van der Waals surface area (Å²) in [6.45, 7) is 6.02. The van der Waals surface area contributed by atoms with Crippen molar-refractivity contribution in [2.45, 2.75) is 95.6 Å². The number of nitrogens with zero attached hydrogens (tertiary/aromatic N) is 1. The first-order chi connectivity index (χ1) is 14.0. The molecule has 0 aromatic heterocycles. The molecular weight excluding hydrogens is 401 g/mol. The van der Waals surface area contributed by atoms with E-state index in [-0.39, 0.29) is 5.54 Å². The first-order valence-corrected chi connectivity index (χ1v) is 12.5. The van der Waals surface area contributed by atoms with Crippen LogP contribution in [0.25, 0.3) is 0 Å². The third kappa shape index (κ3) is 5.14. The smallest absolute Gasteiger partial charge is 0.0595 e. The van der Waals surface area contributed by atoms with Crippen LogP contribution in [0.3, 0.4) is 0 Å². The van der Waals surface area contributed by atoms with E-state index >= 15 is 0 Å². The molecule has 0 radical (unpaired) electrons. The van der Waals surface area contributed by atoms with Gasteiger partial charge in [0.15, 0.2) is 0 Å². The van der Waals surface area contributed by atoms with Crippen LogP contribution < -0.4 is 0 Å². The lowest BCUT2D eigenvalue weighted by atomic mass is 9.67. The molecule has 29 heavy (non-hydrogen) atoms. The van der Waals surface area contributed by atoms with E-state index in [9.17, 15) is 0 Å². The van der Waals surface area contributed by atoms with E-state index in [0.29, 0.717) is 27.9 Å². The highest BCUT2D eigenvalue weighted by atomic mass is 35.5. The number of hydrogen-bond acceptors (Lipinski definition) is 2. The number of ether oxygens (including phenoxy) is 1. The van der Waals surface area contributed by atoms with Gasteiger partial charge in [-0.1, -0.05) is 74.7 Å². The minimum atomic E-state index is 0.264. The number of rotatable bonds is 11. The molecule has 2 heterocycles. The molecule has 0 spiro atoms. The highest BCUT2D eigenvalue weighted by Crippen LogP contribution is 2.55. The van der Waals surface area contributed by atoms with E-state index in [0.717, 1.165) is 13.2 Å². The first kappa shape index (κ1) is 23.4. The van der Waals surface area contributed by atoms with Crippen molar-refractivity contribution in [3.05, 3.63) is 33.8 Å². The van der Waals surface area contributed by atoms with Crippen LogP contribution in [0.2, 0.25) is 10.0 Å². The largest absolute Gasteiger partial charge is 0.381 e. The molecule has 2 aliphatic heterocycles. The zero-order valence-corrected chi connectivity index (χ0v) is 20.1. The van der Waals surface area contributed by atoms with Gasteiger partial charge in [0, 0.05) is 24.1 Å². The minimum Gasteiger partial charge on any atom is -0.381 e. The Hall–Kier alpha value is -0.280. The first-order valence-electron chi connectivity index (χ1n) is 11.8. The number of unbranched alkanes of at least 4 members (excludes halogenated alkanes) is 5. The fourth-order valence-electron chi connectivity index (χ4n) is 6.03. The van der Waals surface area contributed by atoms with Crippen LogP contribution >= 0.6 is 23.2 Å². The van der Waals surface area contributed by atoms with Crippen LogP contribution in [-0.2, 0) is 4.74 Å². The number of halogens is 2. The van der Waals surface area contributed by atoms with Crippen molar-refractivity contribution in [1.29, 1.82) is 0 Å². The second-order valence-corrected chi connectivity index (χ2v) is 10.0. The van der Waals surface area contributed by atoms with E-state index in [1.807, 2.05) is 6.07 Å². The summed E-state index contributed by atoms with van der Waals surface area (Å²) in [5.74, 6) is 1.01. The topological polar surface area (TPSA) is 12.5 Å². The molecule has 0 amide bonds. The Morgan fingerprint density at radius 2 is 1.83 bits per heavy atom. The van der Waals surface area contributed by atoms with Gasteiger partial charge in [-0.3, -0.25) is 4.90 Å². The van der Waals surface area contributed by atoms with E-state index < -0.39 is 0 Å². The third-order valence-corrected chi connectivity index (χ3v) is 8.44. The van der Waals surface area contributed by atoms with Crippen LogP contribution in [0.15, 0.2) is 18.2 Å². The van der Waals surface area contributed by atoms with Crippen molar-refractivity contribution < 1.29 is 4.74 Å². The zero-order valence-electron chi connectivity index (χ0n) is 18.6. The van der Waals surface area contributed by atoms with Gasteiger partial charge in [-0.2, -0.15) is 0 Å². The van der Waals surface area contributed by atoms with Crippen LogP contribution in [-0.4, -0.2) is 36.7 Å². The van der Waals surface area contributed by atoms with Crippen LogP contribution in [0.1, 0.15) is 89.5 Å². The summed E-state index contributed by atoms with van der Waals surface area (Å²) >= 11 is 12.6. The second kappa shape index (κ2) is 10.8. The lowest BCUT2D eigenvalue weighted by Gasteiger charge is -2.52. The average Bonchev–Trinajstić information content (AvgIpc) is 2.92. The maximum absolute atomic E-state index is 6.41. The molecule has 1 aromatic rings. The summed E-state index contributed by atoms with van der Waals surface area (Å²) in [7, 11) is 2.37. The lowest BCUT2D eigenvalue weighted by Crippen LogP contribution is -2.57. The molecular formula is C25H39Cl2NO. The van der Waals surface area contributed by atoms with Crippen molar-refractivity contribution in [3.8, 4) is 0 Å². The van der Waals surface area contributed by atoms with Crippen molar-refractivity contribution in [3.63, 3.8) is 0 Å². The molecule has 3 rings (SSSR count). The Balaban J connectivity index is 1.80. The van der Waals surface area contributed by atoms with E-state index in [1.165, 1.54) is 69.8 Å². The molecule has 2 nitrogen and oxygen atoms in total. The minimum absolute atomic E-state index is 0.264. The fraction of sp³-hybridized carbons (Fsp3) is 0.760. The Bertz CT molecular complexity index is 652. The normalized spacial score (nSPS) is 29.5. The molecule has 0 aliphatic carbocycles. The van der Waals surface area contributed by atoms with Gasteiger partial charge in [0.2, 0.25) is 0 Å². The number of fused-ring (bicyclic) bond motifs is 2. The van der Waals surface area contributed by atoms with Crippen LogP contribution in [0, 0.1) is 5.92 Å². The molecule has 0 N–H and O–H groups in total. The Kier molecular flexibility index (Phi) is 8.74. The highest BCUT2D eigenvalue weighted by molar-refractivity contribution is 6.42. The van der Waals surface area contributed by atoms with Crippen molar-refractivity contribution in [1.82, 2.24) is 4.90 Å². The number of hydrogen-bond donors (Lipinski definition) is 0. The van der Waals surface area contributed by atoms with Crippen LogP contribution in [0.4, 0.5) is 0 Å². The monoisotopic (exact) mass is 439 g/mol. The molecule has 2 bridgehead atoms. The second-order valence-electron chi connectivity index (χ2n) is 9.21. The molecule has 1 aromatic carbocycles. The number of benzene rings is 1. The highest BCUT2D eigenvalue weighted by Gasteiger charge is 2.55. The molecule has 2 fully saturated rings. The van der Waals surface area contributed by atoms with Crippen molar-refractivity contribution >= 4 is 23.2 Å². The molecule has 4 atom stereocenters. The molecule has 0 unspecified atom stereocenters. The predicted molar refractivity (Wildman–Crippen MR) is 125 cm³/mol. The molecule has 164 valence electrons. The lowest BCUT2D eigenvalue weighted by molar-refractivity contribution is -0.0414. The van der Waals surface area contributed by atoms with Gasteiger partial charge < -0.3 is 4.74 Å². The summed E-state index contributed by atoms with van der Waals surface area (Å²) in [6.07, 6.45) is 13.3. The summed E-state index contributed by atoms with van der Waals surface area (Å²) in [6, 6.07) is 6.95. The van der Waals surface area contributed by atoms with Crippen molar-refractivity contribution in [2.24, 2.45) is 5.92 Å². The van der Waals surface area contributed by atoms with E-state index in [1.54, 1.807) is 0 Å². The van der Waals surface area contributed by atoms with Gasteiger partial charge in [-0.05, 0) is 63.3 Å². The van der Waals surface area contributed by atoms with Gasteiger partial charge in [-0.15, -0.1) is 0 Å². The Morgan fingerprint density at radius 3 is 2.55 bits per heavy atom. The van der Waals surface area contributed by atoms with Crippen LogP contribution in [0.5, 0.6) is 0 Å². The maximum Gasteiger partial charge on any atom is 0.0595 e. The predicted octanol–water partition coefficient (Wildman–Crippen LogP) is 7.72. The van der Waals surface area contributed by atoms with E-state index in [4.69, 9.17) is 27.9 Å². The summed E-state index contributed by atoms with van der Waals surface area (Å²) in [5.41, 5.74) is 1.61. The van der Waals surface area contributed by atoms with Crippen molar-refractivity contribution in [2.75, 3.05) is 20.3 Å². The van der Waals surface area contributed by atoms with E-state index in [2.05, 4.69) is 37.9 Å². The van der Waals surface area contributed by atoms with Gasteiger partial charge in [0.25, 0.3) is 0 Å². The Morgan fingerprint density at radius 1 is 1.07 bits per heavy atom. The molecule has 2 aliphatic rings. The quantitative estimate of drug-likeness (QED) is 0.327. The van der Waals surface area contributed by atoms with Gasteiger partial charge >= 0.3 is 0 Å². The van der Waals surface area contributed by atoms with Gasteiger partial charge in [-0.25, -0.2) is 0 Å². The summed E-state index contributed by atoms with van der Waals surface area (Å²) < 4.78 is 6.08. The Labute approximate surface area is 188 Å². The maximum atomic E-state index is 6.41. The zero-order chi connectivity index (χ0) is 20.9. The number of piperidine rings is 1. The average molecular weight is 440 g/mol. The van der Waals surface area contributed by atoms with Gasteiger partial charge in [0.1, 0.15) is 0 Å². The molecule has 4 heteroatoms. The SMILES string of the molecule is CCCCCCCC[C@@]12CC[C@@H](C[C@H](c3ccc(Cl)c(Cl)c3)[C@H]1COCC)N2C. The molecule has 2 saturated heterocycles. The molecule has 0 saturated carbocycles. The fourth-order valence-corrected chi connectivity index (χ4v) is 6.34. The standard InChI is InChI=1S/C25H39Cl2NO/c1-4-6-7-8-9-10-14-25-15-13-20(28(25)3)17-21(22(25)18-29-5-2)19-11-12-23(26)24(27)16-19/h11-12,16,20-22H,4-10,13-15,17-18H2,1-3H3/t20-,21+,22+,25+/m0/s1.